The quantitative estimate of drug-likeness (QED) is 0.684. The van der Waals surface area contributed by atoms with Gasteiger partial charge < -0.3 is 10.6 Å². The number of nitrogens with one attached hydrogen (secondary N) is 3. The number of fused-ring (bicyclic) bond motifs is 1. The summed E-state index contributed by atoms with van der Waals surface area (Å²) in [5, 5.41) is 13.1. The first kappa shape index (κ1) is 16.7. The van der Waals surface area contributed by atoms with Crippen molar-refractivity contribution in [2.24, 2.45) is 0 Å². The second-order valence-corrected chi connectivity index (χ2v) is 6.12. The standard InChI is InChI=1S/C19H20N4O2/c1-11-8-9-12(2)16(10-11)21-18(24)13(3)20-19(25)17-14-6-4-5-7-15(14)22-23-17/h4-10,13H,1-3H3,(H,20,25)(H,21,24)(H,22,23). The number of aryl methyl sites for hydroxylation is 2. The number of aromatic nitrogens is 2. The molecule has 1 unspecified atom stereocenters. The summed E-state index contributed by atoms with van der Waals surface area (Å²) in [5.41, 5.74) is 3.83. The van der Waals surface area contributed by atoms with Gasteiger partial charge >= 0.3 is 0 Å². The molecule has 0 radical (unpaired) electrons. The fourth-order valence-electron chi connectivity index (χ4n) is 2.58. The summed E-state index contributed by atoms with van der Waals surface area (Å²) in [4.78, 5) is 24.8. The molecule has 1 heterocycles. The molecule has 2 amide bonds. The lowest BCUT2D eigenvalue weighted by molar-refractivity contribution is -0.117. The molecule has 0 saturated carbocycles. The van der Waals surface area contributed by atoms with Gasteiger partial charge in [-0.2, -0.15) is 5.10 Å². The minimum Gasteiger partial charge on any atom is -0.339 e. The van der Waals surface area contributed by atoms with Gasteiger partial charge in [0.2, 0.25) is 5.91 Å². The van der Waals surface area contributed by atoms with Gasteiger partial charge in [0.25, 0.3) is 5.91 Å². The highest BCUT2D eigenvalue weighted by atomic mass is 16.2. The Labute approximate surface area is 145 Å². The molecule has 0 spiro atoms. The van der Waals surface area contributed by atoms with Crippen LogP contribution in [0.3, 0.4) is 0 Å². The number of benzene rings is 2. The molecule has 0 fully saturated rings. The molecular weight excluding hydrogens is 316 g/mol. The Morgan fingerprint density at radius 2 is 1.88 bits per heavy atom. The Balaban J connectivity index is 1.71. The van der Waals surface area contributed by atoms with Crippen LogP contribution < -0.4 is 10.6 Å². The van der Waals surface area contributed by atoms with E-state index in [1.165, 1.54) is 0 Å². The van der Waals surface area contributed by atoms with Crippen LogP contribution in [0.2, 0.25) is 0 Å². The van der Waals surface area contributed by atoms with E-state index in [9.17, 15) is 9.59 Å². The number of hydrogen-bond acceptors (Lipinski definition) is 3. The van der Waals surface area contributed by atoms with Gasteiger partial charge in [-0.3, -0.25) is 14.7 Å². The zero-order valence-electron chi connectivity index (χ0n) is 14.4. The number of anilines is 1. The molecule has 6 heteroatoms. The van der Waals surface area contributed by atoms with Crippen LogP contribution in [-0.4, -0.2) is 28.1 Å². The van der Waals surface area contributed by atoms with Crippen molar-refractivity contribution in [1.82, 2.24) is 15.5 Å². The Morgan fingerprint density at radius 1 is 1.12 bits per heavy atom. The number of rotatable bonds is 4. The fourth-order valence-corrected chi connectivity index (χ4v) is 2.58. The molecule has 25 heavy (non-hydrogen) atoms. The Kier molecular flexibility index (Phi) is 4.52. The van der Waals surface area contributed by atoms with Crippen molar-refractivity contribution in [2.75, 3.05) is 5.32 Å². The zero-order valence-corrected chi connectivity index (χ0v) is 14.4. The van der Waals surface area contributed by atoms with Crippen LogP contribution >= 0.6 is 0 Å². The van der Waals surface area contributed by atoms with Crippen LogP contribution in [-0.2, 0) is 4.79 Å². The van der Waals surface area contributed by atoms with Crippen LogP contribution in [0.25, 0.3) is 10.9 Å². The lowest BCUT2D eigenvalue weighted by Gasteiger charge is -2.15. The Morgan fingerprint density at radius 3 is 2.68 bits per heavy atom. The van der Waals surface area contributed by atoms with Gasteiger partial charge in [-0.25, -0.2) is 0 Å². The number of para-hydroxylation sites is 1. The molecular formula is C19H20N4O2. The van der Waals surface area contributed by atoms with Crippen molar-refractivity contribution < 1.29 is 9.59 Å². The van der Waals surface area contributed by atoms with E-state index in [0.29, 0.717) is 0 Å². The van der Waals surface area contributed by atoms with E-state index in [-0.39, 0.29) is 17.5 Å². The van der Waals surface area contributed by atoms with Crippen molar-refractivity contribution >= 4 is 28.4 Å². The maximum Gasteiger partial charge on any atom is 0.273 e. The van der Waals surface area contributed by atoms with Gasteiger partial charge in [-0.05, 0) is 44.0 Å². The number of amides is 2. The number of H-pyrrole nitrogens is 1. The highest BCUT2D eigenvalue weighted by Crippen LogP contribution is 2.17. The first-order chi connectivity index (χ1) is 12.0. The summed E-state index contributed by atoms with van der Waals surface area (Å²) in [7, 11) is 0. The third-order valence-corrected chi connectivity index (χ3v) is 4.08. The molecule has 1 aromatic heterocycles. The van der Waals surface area contributed by atoms with E-state index in [2.05, 4.69) is 20.8 Å². The monoisotopic (exact) mass is 336 g/mol. The summed E-state index contributed by atoms with van der Waals surface area (Å²) < 4.78 is 0. The van der Waals surface area contributed by atoms with Gasteiger partial charge in [0.1, 0.15) is 6.04 Å². The molecule has 6 nitrogen and oxygen atoms in total. The lowest BCUT2D eigenvalue weighted by Crippen LogP contribution is -2.41. The molecule has 0 aliphatic carbocycles. The van der Waals surface area contributed by atoms with Crippen LogP contribution in [0, 0.1) is 13.8 Å². The highest BCUT2D eigenvalue weighted by Gasteiger charge is 2.20. The van der Waals surface area contributed by atoms with Crippen molar-refractivity contribution in [1.29, 1.82) is 0 Å². The largest absolute Gasteiger partial charge is 0.339 e. The Bertz CT molecular complexity index is 946. The third kappa shape index (κ3) is 3.52. The van der Waals surface area contributed by atoms with E-state index in [0.717, 1.165) is 27.7 Å². The zero-order chi connectivity index (χ0) is 18.0. The fraction of sp³-hybridized carbons (Fsp3) is 0.211. The van der Waals surface area contributed by atoms with Crippen LogP contribution in [0.1, 0.15) is 28.5 Å². The Hall–Kier alpha value is -3.15. The lowest BCUT2D eigenvalue weighted by atomic mass is 10.1. The molecule has 0 bridgehead atoms. The smallest absolute Gasteiger partial charge is 0.273 e. The maximum atomic E-state index is 12.4. The SMILES string of the molecule is Cc1ccc(C)c(NC(=O)C(C)NC(=O)c2n[nH]c3ccccc23)c1. The number of nitrogens with zero attached hydrogens (tertiary/aromatic N) is 1. The molecule has 3 N–H and O–H groups in total. The average Bonchev–Trinajstić information content (AvgIpc) is 3.02. The minimum atomic E-state index is -0.692. The second kappa shape index (κ2) is 6.76. The van der Waals surface area contributed by atoms with Crippen molar-refractivity contribution in [3.05, 3.63) is 59.3 Å². The molecule has 0 aliphatic heterocycles. The van der Waals surface area contributed by atoms with Crippen molar-refractivity contribution in [2.45, 2.75) is 26.8 Å². The maximum absolute atomic E-state index is 12.4. The highest BCUT2D eigenvalue weighted by molar-refractivity contribution is 6.07. The van der Waals surface area contributed by atoms with Crippen LogP contribution in [0.5, 0.6) is 0 Å². The van der Waals surface area contributed by atoms with Gasteiger partial charge in [0.15, 0.2) is 5.69 Å². The summed E-state index contributed by atoms with van der Waals surface area (Å²) >= 11 is 0. The third-order valence-electron chi connectivity index (χ3n) is 4.08. The second-order valence-electron chi connectivity index (χ2n) is 6.12. The summed E-state index contributed by atoms with van der Waals surface area (Å²) in [6.07, 6.45) is 0. The summed E-state index contributed by atoms with van der Waals surface area (Å²) in [6, 6.07) is 12.5. The van der Waals surface area contributed by atoms with Crippen molar-refractivity contribution in [3.63, 3.8) is 0 Å². The van der Waals surface area contributed by atoms with Gasteiger partial charge in [0.05, 0.1) is 5.52 Å². The van der Waals surface area contributed by atoms with E-state index < -0.39 is 6.04 Å². The summed E-state index contributed by atoms with van der Waals surface area (Å²) in [6.45, 7) is 5.53. The first-order valence-electron chi connectivity index (χ1n) is 8.08. The van der Waals surface area contributed by atoms with Gasteiger partial charge in [0, 0.05) is 11.1 Å². The molecule has 128 valence electrons. The normalized spacial score (nSPS) is 12.0. The van der Waals surface area contributed by atoms with Crippen molar-refractivity contribution in [3.8, 4) is 0 Å². The van der Waals surface area contributed by atoms with E-state index in [1.807, 2.05) is 56.3 Å². The van der Waals surface area contributed by atoms with E-state index >= 15 is 0 Å². The van der Waals surface area contributed by atoms with Gasteiger partial charge in [-0.15, -0.1) is 0 Å². The molecule has 2 aromatic carbocycles. The number of aromatic amines is 1. The molecule has 0 saturated heterocycles. The van der Waals surface area contributed by atoms with Crippen LogP contribution in [0.4, 0.5) is 5.69 Å². The topological polar surface area (TPSA) is 86.9 Å². The number of carbonyl (C=O) groups excluding carboxylic acids is 2. The van der Waals surface area contributed by atoms with E-state index in [4.69, 9.17) is 0 Å². The molecule has 3 rings (SSSR count). The molecule has 1 atom stereocenters. The number of carbonyl (C=O) groups is 2. The molecule has 3 aromatic rings. The van der Waals surface area contributed by atoms with Crippen LogP contribution in [0.15, 0.2) is 42.5 Å². The summed E-state index contributed by atoms with van der Waals surface area (Å²) in [5.74, 6) is -0.664. The average molecular weight is 336 g/mol. The predicted octanol–water partition coefficient (Wildman–Crippen LogP) is 2.94. The molecule has 0 aliphatic rings. The predicted molar refractivity (Wildman–Crippen MR) is 97.6 cm³/mol. The minimum absolute atomic E-state index is 0.276. The van der Waals surface area contributed by atoms with Gasteiger partial charge in [-0.1, -0.05) is 30.3 Å². The van der Waals surface area contributed by atoms with E-state index in [1.54, 1.807) is 6.92 Å². The first-order valence-corrected chi connectivity index (χ1v) is 8.08. The number of hydrogen-bond donors (Lipinski definition) is 3.